The number of benzene rings is 5. The molecule has 3 aliphatic heterocycles. The first-order chi connectivity index (χ1) is 33.9. The molecule has 0 amide bonds. The quantitative estimate of drug-likeness (QED) is 0.0387. The Kier molecular flexibility index (Phi) is 15.2. The third-order valence-corrected chi connectivity index (χ3v) is 17.4. The number of anilines is 4. The Hall–Kier alpha value is -5.80. The van der Waals surface area contributed by atoms with Crippen LogP contribution in [0.5, 0.6) is 0 Å². The van der Waals surface area contributed by atoms with Gasteiger partial charge in [0, 0.05) is 108 Å². The number of carbonyl (C=O) groups is 1. The van der Waals surface area contributed by atoms with E-state index < -0.39 is 18.4 Å². The van der Waals surface area contributed by atoms with Crippen LogP contribution in [0.2, 0.25) is 5.02 Å². The van der Waals surface area contributed by atoms with Gasteiger partial charge in [-0.2, -0.15) is 0 Å². The van der Waals surface area contributed by atoms with Crippen molar-refractivity contribution >= 4 is 70.6 Å². The highest BCUT2D eigenvalue weighted by Crippen LogP contribution is 2.56. The molecule has 2 atom stereocenters. The number of hydrogen-bond acceptors (Lipinski definition) is 11. The molecular formula is C53H59ClN7O7PS. The van der Waals surface area contributed by atoms with E-state index in [4.69, 9.17) is 20.9 Å². The minimum absolute atomic E-state index is 0.0188. The van der Waals surface area contributed by atoms with Crippen molar-refractivity contribution < 1.29 is 28.7 Å². The monoisotopic (exact) mass is 1000 g/mol. The zero-order valence-corrected chi connectivity index (χ0v) is 42.2. The summed E-state index contributed by atoms with van der Waals surface area (Å²) in [5, 5.41) is 27.6. The molecule has 4 heterocycles. The fraction of sp³-hybridized carbons (Fsp3) is 0.340. The molecule has 17 heteroatoms. The molecule has 9 rings (SSSR count). The van der Waals surface area contributed by atoms with Crippen molar-refractivity contribution in [2.24, 2.45) is 0 Å². The zero-order chi connectivity index (χ0) is 48.9. The third kappa shape index (κ3) is 10.6. The van der Waals surface area contributed by atoms with Crippen LogP contribution in [0.25, 0.3) is 22.4 Å². The molecule has 366 valence electrons. The lowest BCUT2D eigenvalue weighted by Gasteiger charge is -2.37. The van der Waals surface area contributed by atoms with Gasteiger partial charge in [-0.15, -0.1) is 11.8 Å². The van der Waals surface area contributed by atoms with E-state index in [0.717, 1.165) is 85.3 Å². The number of rotatable bonds is 17. The summed E-state index contributed by atoms with van der Waals surface area (Å²) in [6, 6.07) is 38.6. The highest BCUT2D eigenvalue weighted by molar-refractivity contribution is 7.99. The second-order valence-electron chi connectivity index (χ2n) is 18.1. The van der Waals surface area contributed by atoms with Gasteiger partial charge in [0.05, 0.1) is 47.9 Å². The molecule has 2 N–H and O–H groups in total. The Morgan fingerprint density at radius 2 is 1.50 bits per heavy atom. The summed E-state index contributed by atoms with van der Waals surface area (Å²) in [7, 11) is -3.69. The number of nitro benzene ring substituents is 1. The standard InChI is InChI=1S/C53H59ClN7O7PS/c1-37(2)60-38(3)50(53(62)63)51(52(60)39-12-14-41(54)15-13-39)40-8-7-9-45(34-40)58-26-24-57(25-27-58)43-16-18-44(19-17-43)59-30-33-68-69(59,66)46-20-21-48(49(35-46)61(64)65)55-42(22-23-56-28-31-67-32-29-56)36-70-47-10-5-4-6-11-47/h4-21,34-35,37,42,55H,22-33,36H2,1-3H3,(H,62,63)/t42?,69-/m1/s1. The van der Waals surface area contributed by atoms with Crippen molar-refractivity contribution in [1.29, 1.82) is 0 Å². The SMILES string of the molecule is Cc1c(C(=O)O)c(-c2cccc(N3CCN(c4ccc(N5CCO[P@]5(=O)c5ccc(NC(CCN6CCOCC6)CSc6ccccc6)c([N+](=O)[O-])c5)cc4)CC3)c2)c(-c2ccc(Cl)cc2)n1C(C)C. The first-order valence-corrected chi connectivity index (χ1v) is 26.8. The molecule has 0 radical (unpaired) electrons. The summed E-state index contributed by atoms with van der Waals surface area (Å²) in [6.45, 7) is 13.5. The lowest BCUT2D eigenvalue weighted by Crippen LogP contribution is -2.46. The second-order valence-corrected chi connectivity index (χ2v) is 22.0. The minimum Gasteiger partial charge on any atom is -0.478 e. The average Bonchev–Trinajstić information content (AvgIpc) is 3.93. The molecule has 3 saturated heterocycles. The van der Waals surface area contributed by atoms with E-state index in [1.54, 1.807) is 28.6 Å². The van der Waals surface area contributed by atoms with Gasteiger partial charge in [-0.1, -0.05) is 54.1 Å². The molecule has 6 aromatic rings. The van der Waals surface area contributed by atoms with Crippen molar-refractivity contribution in [1.82, 2.24) is 9.47 Å². The summed E-state index contributed by atoms with van der Waals surface area (Å²) < 4.78 is 30.3. The van der Waals surface area contributed by atoms with Crippen molar-refractivity contribution in [3.8, 4) is 22.4 Å². The molecule has 1 unspecified atom stereocenters. The minimum atomic E-state index is -3.69. The number of halogens is 1. The molecular weight excluding hydrogens is 945 g/mol. The van der Waals surface area contributed by atoms with E-state index >= 15 is 0 Å². The molecule has 0 bridgehead atoms. The van der Waals surface area contributed by atoms with E-state index in [2.05, 4.69) is 62.7 Å². The van der Waals surface area contributed by atoms with Crippen molar-refractivity contribution in [2.75, 3.05) is 97.7 Å². The Labute approximate surface area is 418 Å². The Bertz CT molecular complexity index is 2850. The normalized spacial score (nSPS) is 18.1. The van der Waals surface area contributed by atoms with Crippen LogP contribution in [0, 0.1) is 17.0 Å². The van der Waals surface area contributed by atoms with Crippen LogP contribution in [0.15, 0.2) is 126 Å². The van der Waals surface area contributed by atoms with E-state index in [0.29, 0.717) is 58.7 Å². The van der Waals surface area contributed by atoms with Crippen molar-refractivity contribution in [3.63, 3.8) is 0 Å². The van der Waals surface area contributed by atoms with Crippen LogP contribution in [-0.2, 0) is 13.8 Å². The molecule has 3 fully saturated rings. The van der Waals surface area contributed by atoms with Crippen LogP contribution in [0.3, 0.4) is 0 Å². The number of nitrogens with zero attached hydrogens (tertiary/aromatic N) is 6. The molecule has 1 aromatic heterocycles. The lowest BCUT2D eigenvalue weighted by molar-refractivity contribution is -0.383. The molecule has 5 aromatic carbocycles. The molecule has 0 spiro atoms. The van der Waals surface area contributed by atoms with Gasteiger partial charge in [0.1, 0.15) is 5.69 Å². The van der Waals surface area contributed by atoms with Crippen molar-refractivity contribution in [3.05, 3.63) is 148 Å². The van der Waals surface area contributed by atoms with E-state index in [1.165, 1.54) is 6.07 Å². The van der Waals surface area contributed by atoms with Crippen molar-refractivity contribution in [2.45, 2.75) is 44.2 Å². The first-order valence-electron chi connectivity index (χ1n) is 23.9. The summed E-state index contributed by atoms with van der Waals surface area (Å²) in [6.07, 6.45) is 0.784. The predicted octanol–water partition coefficient (Wildman–Crippen LogP) is 10.9. The number of hydrogen-bond donors (Lipinski definition) is 2. The van der Waals surface area contributed by atoms with Gasteiger partial charge >= 0.3 is 13.5 Å². The van der Waals surface area contributed by atoms with Gasteiger partial charge in [-0.3, -0.25) is 24.2 Å². The van der Waals surface area contributed by atoms with Crippen LogP contribution in [0.1, 0.15) is 42.4 Å². The largest absolute Gasteiger partial charge is 0.478 e. The van der Waals surface area contributed by atoms with E-state index in [-0.39, 0.29) is 29.7 Å². The fourth-order valence-corrected chi connectivity index (χ4v) is 13.3. The van der Waals surface area contributed by atoms with Crippen LogP contribution < -0.4 is 25.1 Å². The maximum Gasteiger partial charge on any atom is 0.338 e. The zero-order valence-electron chi connectivity index (χ0n) is 39.7. The fourth-order valence-electron chi connectivity index (χ4n) is 9.91. The summed E-state index contributed by atoms with van der Waals surface area (Å²) >= 11 is 7.99. The topological polar surface area (TPSA) is 146 Å². The number of carboxylic acid groups (broad SMARTS) is 1. The van der Waals surface area contributed by atoms with Crippen LogP contribution >= 0.6 is 30.9 Å². The lowest BCUT2D eigenvalue weighted by atomic mass is 9.96. The molecule has 14 nitrogen and oxygen atoms in total. The number of aromatic carboxylic acids is 1. The maximum absolute atomic E-state index is 14.9. The third-order valence-electron chi connectivity index (χ3n) is 13.4. The molecule has 0 aliphatic carbocycles. The molecule has 3 aliphatic rings. The van der Waals surface area contributed by atoms with Gasteiger partial charge in [0.25, 0.3) is 5.69 Å². The second kappa shape index (κ2) is 21.7. The van der Waals surface area contributed by atoms with Crippen LogP contribution in [0.4, 0.5) is 28.4 Å². The average molecular weight is 1000 g/mol. The van der Waals surface area contributed by atoms with Gasteiger partial charge < -0.3 is 34.1 Å². The Morgan fingerprint density at radius 3 is 2.17 bits per heavy atom. The predicted molar refractivity (Wildman–Crippen MR) is 283 cm³/mol. The molecule has 0 saturated carbocycles. The smallest absolute Gasteiger partial charge is 0.338 e. The number of carboxylic acids is 1. The summed E-state index contributed by atoms with van der Waals surface area (Å²) in [5.41, 5.74) is 7.27. The number of aromatic nitrogens is 1. The number of thioether (sulfide) groups is 1. The Balaban J connectivity index is 0.887. The van der Waals surface area contributed by atoms with Gasteiger partial charge in [-0.25, -0.2) is 4.79 Å². The summed E-state index contributed by atoms with van der Waals surface area (Å²) in [4.78, 5) is 33.3. The number of nitro groups is 1. The van der Waals surface area contributed by atoms with Crippen LogP contribution in [-0.4, -0.2) is 109 Å². The maximum atomic E-state index is 14.9. The number of nitrogens with one attached hydrogen (secondary N) is 1. The summed E-state index contributed by atoms with van der Waals surface area (Å²) in [5.74, 6) is -0.257. The highest BCUT2D eigenvalue weighted by atomic mass is 35.5. The van der Waals surface area contributed by atoms with Gasteiger partial charge in [-0.05, 0) is 111 Å². The van der Waals surface area contributed by atoms with Gasteiger partial charge in [0.2, 0.25) is 0 Å². The van der Waals surface area contributed by atoms with Gasteiger partial charge in [0.15, 0.2) is 0 Å². The number of morpholine rings is 1. The van der Waals surface area contributed by atoms with E-state index in [1.807, 2.05) is 85.8 Å². The van der Waals surface area contributed by atoms with E-state index in [9.17, 15) is 24.6 Å². The Morgan fingerprint density at radius 1 is 0.814 bits per heavy atom. The number of ether oxygens (including phenoxy) is 1. The highest BCUT2D eigenvalue weighted by Gasteiger charge is 2.41. The number of piperazine rings is 1. The first kappa shape index (κ1) is 49.2. The molecule has 70 heavy (non-hydrogen) atoms.